The largest absolute Gasteiger partial charge is 0.444 e. The summed E-state index contributed by atoms with van der Waals surface area (Å²) < 4.78 is 34.2. The van der Waals surface area contributed by atoms with Crippen LogP contribution in [0.4, 0.5) is 13.6 Å². The first-order valence-electron chi connectivity index (χ1n) is 8.93. The second-order valence-corrected chi connectivity index (χ2v) is 7.49. The lowest BCUT2D eigenvalue weighted by molar-refractivity contribution is -0.126. The molecule has 1 saturated heterocycles. The Labute approximate surface area is 157 Å². The Morgan fingerprint density at radius 3 is 2.52 bits per heavy atom. The summed E-state index contributed by atoms with van der Waals surface area (Å²) in [6, 6.07) is 6.23. The fraction of sp³-hybridized carbons (Fsp3) is 0.579. The molecule has 0 saturated carbocycles. The van der Waals surface area contributed by atoms with Gasteiger partial charge < -0.3 is 19.7 Å². The number of hydrogen-bond acceptors (Lipinski definition) is 4. The normalized spacial score (nSPS) is 15.6. The van der Waals surface area contributed by atoms with Crippen molar-refractivity contribution in [1.29, 1.82) is 0 Å². The predicted octanol–water partition coefficient (Wildman–Crippen LogP) is 3.55. The van der Waals surface area contributed by atoms with Crippen LogP contribution in [0.2, 0.25) is 0 Å². The number of likely N-dealkylation sites (tertiary alicyclic amines) is 1. The van der Waals surface area contributed by atoms with Gasteiger partial charge in [0.25, 0.3) is 0 Å². The van der Waals surface area contributed by atoms with Crippen molar-refractivity contribution in [3.8, 4) is 5.75 Å². The van der Waals surface area contributed by atoms with Crippen molar-refractivity contribution in [2.75, 3.05) is 13.1 Å². The molecule has 8 heteroatoms. The monoisotopic (exact) mass is 384 g/mol. The Morgan fingerprint density at radius 1 is 1.26 bits per heavy atom. The van der Waals surface area contributed by atoms with Gasteiger partial charge in [-0.05, 0) is 51.3 Å². The highest BCUT2D eigenvalue weighted by Gasteiger charge is 2.29. The number of carbonyl (C=O) groups is 2. The quantitative estimate of drug-likeness (QED) is 0.843. The van der Waals surface area contributed by atoms with Crippen LogP contribution >= 0.6 is 0 Å². The van der Waals surface area contributed by atoms with Crippen molar-refractivity contribution in [2.24, 2.45) is 5.92 Å². The lowest BCUT2D eigenvalue weighted by Crippen LogP contribution is -2.44. The molecule has 0 atom stereocenters. The van der Waals surface area contributed by atoms with Gasteiger partial charge in [0, 0.05) is 25.6 Å². The van der Waals surface area contributed by atoms with Crippen LogP contribution in [0.25, 0.3) is 0 Å². The highest BCUT2D eigenvalue weighted by atomic mass is 19.3. The Morgan fingerprint density at radius 2 is 1.93 bits per heavy atom. The number of halogens is 2. The van der Waals surface area contributed by atoms with Gasteiger partial charge in [-0.25, -0.2) is 4.79 Å². The lowest BCUT2D eigenvalue weighted by Gasteiger charge is -2.32. The van der Waals surface area contributed by atoms with Gasteiger partial charge in [-0.15, -0.1) is 0 Å². The summed E-state index contributed by atoms with van der Waals surface area (Å²) in [5, 5.41) is 2.81. The zero-order chi connectivity index (χ0) is 20.0. The van der Waals surface area contributed by atoms with E-state index >= 15 is 0 Å². The summed E-state index contributed by atoms with van der Waals surface area (Å²) in [6.45, 7) is 3.71. The topological polar surface area (TPSA) is 67.9 Å². The molecular weight excluding hydrogens is 358 g/mol. The molecule has 0 aromatic heterocycles. The van der Waals surface area contributed by atoms with Crippen LogP contribution in [0.15, 0.2) is 24.3 Å². The van der Waals surface area contributed by atoms with Crippen LogP contribution in [-0.4, -0.2) is 42.2 Å². The molecule has 1 fully saturated rings. The first kappa shape index (κ1) is 20.9. The van der Waals surface area contributed by atoms with Crippen LogP contribution < -0.4 is 10.1 Å². The standard InChI is InChI=1S/C19H26F2N2O4/c1-19(2,3)27-18(25)23-9-7-14(8-10-23)16(24)22-12-13-5-4-6-15(11-13)26-17(20)21/h4-6,11,14,17H,7-10,12H2,1-3H3,(H,22,24). The van der Waals surface area contributed by atoms with Crippen LogP contribution in [0.3, 0.4) is 0 Å². The van der Waals surface area contributed by atoms with E-state index in [1.807, 2.05) is 20.8 Å². The Bertz CT molecular complexity index is 653. The number of nitrogens with one attached hydrogen (secondary N) is 1. The zero-order valence-electron chi connectivity index (χ0n) is 15.8. The third-order valence-corrected chi connectivity index (χ3v) is 4.11. The second kappa shape index (κ2) is 9.01. The first-order valence-corrected chi connectivity index (χ1v) is 8.93. The highest BCUT2D eigenvalue weighted by molar-refractivity contribution is 5.79. The second-order valence-electron chi connectivity index (χ2n) is 7.49. The molecule has 0 unspecified atom stereocenters. The molecule has 0 radical (unpaired) electrons. The van der Waals surface area contributed by atoms with E-state index in [0.29, 0.717) is 31.5 Å². The van der Waals surface area contributed by atoms with E-state index in [1.54, 1.807) is 17.0 Å². The maximum Gasteiger partial charge on any atom is 0.410 e. The predicted molar refractivity (Wildman–Crippen MR) is 95.5 cm³/mol. The Balaban J connectivity index is 1.79. The van der Waals surface area contributed by atoms with Crippen LogP contribution in [0, 0.1) is 5.92 Å². The average Bonchev–Trinajstić information content (AvgIpc) is 2.58. The lowest BCUT2D eigenvalue weighted by atomic mass is 9.96. The number of hydrogen-bond donors (Lipinski definition) is 1. The number of ether oxygens (including phenoxy) is 2. The molecule has 1 aromatic carbocycles. The van der Waals surface area contributed by atoms with Gasteiger partial charge >= 0.3 is 12.7 Å². The summed E-state index contributed by atoms with van der Waals surface area (Å²) in [7, 11) is 0. The molecule has 0 bridgehead atoms. The van der Waals surface area contributed by atoms with Crippen molar-refractivity contribution >= 4 is 12.0 Å². The van der Waals surface area contributed by atoms with Crippen molar-refractivity contribution in [1.82, 2.24) is 10.2 Å². The summed E-state index contributed by atoms with van der Waals surface area (Å²) in [6.07, 6.45) is 0.747. The molecule has 1 aliphatic heterocycles. The Hall–Kier alpha value is -2.38. The van der Waals surface area contributed by atoms with E-state index in [4.69, 9.17) is 4.74 Å². The SMILES string of the molecule is CC(C)(C)OC(=O)N1CCC(C(=O)NCc2cccc(OC(F)F)c2)CC1. The molecule has 1 heterocycles. The number of piperidine rings is 1. The van der Waals surface area contributed by atoms with Crippen molar-refractivity contribution in [3.63, 3.8) is 0 Å². The van der Waals surface area contributed by atoms with Crippen LogP contribution in [0.1, 0.15) is 39.2 Å². The number of carbonyl (C=O) groups excluding carboxylic acids is 2. The summed E-state index contributed by atoms with van der Waals surface area (Å²) in [5.74, 6) is -0.245. The number of nitrogens with zero attached hydrogens (tertiary/aromatic N) is 1. The number of benzene rings is 1. The third kappa shape index (κ3) is 7.03. The average molecular weight is 384 g/mol. The zero-order valence-corrected chi connectivity index (χ0v) is 15.8. The summed E-state index contributed by atoms with van der Waals surface area (Å²) >= 11 is 0. The molecule has 27 heavy (non-hydrogen) atoms. The van der Waals surface area contributed by atoms with E-state index in [9.17, 15) is 18.4 Å². The van der Waals surface area contributed by atoms with E-state index in [1.165, 1.54) is 12.1 Å². The fourth-order valence-electron chi connectivity index (χ4n) is 2.82. The number of amides is 2. The minimum Gasteiger partial charge on any atom is -0.444 e. The Kier molecular flexibility index (Phi) is 6.98. The molecule has 2 rings (SSSR count). The van der Waals surface area contributed by atoms with E-state index in [0.717, 1.165) is 0 Å². The van der Waals surface area contributed by atoms with Gasteiger partial charge in [0.1, 0.15) is 11.4 Å². The molecule has 1 aromatic rings. The molecule has 6 nitrogen and oxygen atoms in total. The molecule has 150 valence electrons. The van der Waals surface area contributed by atoms with Crippen LogP contribution in [0.5, 0.6) is 5.75 Å². The van der Waals surface area contributed by atoms with Crippen LogP contribution in [-0.2, 0) is 16.1 Å². The van der Waals surface area contributed by atoms with Gasteiger partial charge in [-0.1, -0.05) is 12.1 Å². The van der Waals surface area contributed by atoms with E-state index < -0.39 is 12.2 Å². The van der Waals surface area contributed by atoms with Crippen molar-refractivity contribution in [2.45, 2.75) is 52.4 Å². The number of rotatable bonds is 5. The molecule has 0 spiro atoms. The van der Waals surface area contributed by atoms with Crippen molar-refractivity contribution < 1.29 is 27.8 Å². The van der Waals surface area contributed by atoms with Gasteiger partial charge in [0.05, 0.1) is 0 Å². The molecule has 1 N–H and O–H groups in total. The van der Waals surface area contributed by atoms with Gasteiger partial charge in [-0.2, -0.15) is 8.78 Å². The van der Waals surface area contributed by atoms with E-state index in [-0.39, 0.29) is 30.2 Å². The molecule has 2 amide bonds. The molecule has 1 aliphatic rings. The summed E-state index contributed by atoms with van der Waals surface area (Å²) in [5.41, 5.74) is 0.126. The van der Waals surface area contributed by atoms with E-state index in [2.05, 4.69) is 10.1 Å². The van der Waals surface area contributed by atoms with Gasteiger partial charge in [-0.3, -0.25) is 4.79 Å². The van der Waals surface area contributed by atoms with Crippen molar-refractivity contribution in [3.05, 3.63) is 29.8 Å². The van der Waals surface area contributed by atoms with Gasteiger partial charge in [0.15, 0.2) is 0 Å². The molecular formula is C19H26F2N2O4. The minimum absolute atomic E-state index is 0.0578. The first-order chi connectivity index (χ1) is 12.6. The number of alkyl halides is 2. The minimum atomic E-state index is -2.88. The fourth-order valence-corrected chi connectivity index (χ4v) is 2.82. The maximum atomic E-state index is 12.3. The summed E-state index contributed by atoms with van der Waals surface area (Å²) in [4.78, 5) is 26.0. The molecule has 0 aliphatic carbocycles. The highest BCUT2D eigenvalue weighted by Crippen LogP contribution is 2.20. The smallest absolute Gasteiger partial charge is 0.410 e. The third-order valence-electron chi connectivity index (χ3n) is 4.11. The van der Waals surface area contributed by atoms with Gasteiger partial charge in [0.2, 0.25) is 5.91 Å². The maximum absolute atomic E-state index is 12.3.